The van der Waals surface area contributed by atoms with Gasteiger partial charge in [0, 0.05) is 33.8 Å². The van der Waals surface area contributed by atoms with Crippen LogP contribution in [-0.4, -0.2) is 43.6 Å². The first-order valence-corrected chi connectivity index (χ1v) is 8.22. The van der Waals surface area contributed by atoms with Crippen LogP contribution in [0, 0.1) is 0 Å². The molecule has 0 saturated heterocycles. The largest absolute Gasteiger partial charge is 0.345 e. The molecule has 3 rings (SSSR count). The Hall–Kier alpha value is -2.87. The second-order valence-electron chi connectivity index (χ2n) is 6.24. The van der Waals surface area contributed by atoms with E-state index < -0.39 is 11.2 Å². The van der Waals surface area contributed by atoms with Crippen molar-refractivity contribution in [3.63, 3.8) is 0 Å². The number of carbonyl (C=O) groups excluding carboxylic acids is 1. The van der Waals surface area contributed by atoms with Crippen LogP contribution in [0.2, 0.25) is 5.28 Å². The number of nitrogens with zero attached hydrogens (tertiary/aromatic N) is 5. The van der Waals surface area contributed by atoms with Crippen molar-refractivity contribution in [1.29, 1.82) is 0 Å². The molecule has 0 aliphatic rings. The van der Waals surface area contributed by atoms with E-state index in [9.17, 15) is 14.4 Å². The van der Waals surface area contributed by atoms with Crippen LogP contribution in [0.15, 0.2) is 33.9 Å². The lowest BCUT2D eigenvalue weighted by molar-refractivity contribution is 0.0827. The van der Waals surface area contributed by atoms with Crippen LogP contribution in [0.25, 0.3) is 11.2 Å². The molecular formula is C17H18ClN5O3. The summed E-state index contributed by atoms with van der Waals surface area (Å²) in [6.07, 6.45) is 0. The van der Waals surface area contributed by atoms with E-state index in [2.05, 4.69) is 4.98 Å². The molecule has 1 amide bonds. The van der Waals surface area contributed by atoms with Crippen molar-refractivity contribution < 1.29 is 4.79 Å². The van der Waals surface area contributed by atoms with E-state index in [1.54, 1.807) is 50.0 Å². The third-order valence-electron chi connectivity index (χ3n) is 4.25. The van der Waals surface area contributed by atoms with Crippen LogP contribution >= 0.6 is 11.6 Å². The summed E-state index contributed by atoms with van der Waals surface area (Å²) in [6, 6.07) is 7.04. The Bertz CT molecular complexity index is 1120. The number of hydrogen-bond acceptors (Lipinski definition) is 4. The number of carbonyl (C=O) groups is 1. The van der Waals surface area contributed by atoms with Crippen LogP contribution in [0.5, 0.6) is 0 Å². The first-order chi connectivity index (χ1) is 12.2. The van der Waals surface area contributed by atoms with Gasteiger partial charge in [0.25, 0.3) is 11.5 Å². The molecule has 0 unspecified atom stereocenters. The van der Waals surface area contributed by atoms with Gasteiger partial charge in [-0.25, -0.2) is 4.79 Å². The predicted molar refractivity (Wildman–Crippen MR) is 98.8 cm³/mol. The van der Waals surface area contributed by atoms with E-state index in [0.29, 0.717) is 12.1 Å². The van der Waals surface area contributed by atoms with Gasteiger partial charge in [0.1, 0.15) is 0 Å². The SMILES string of the molecule is CN(C)C(=O)c1ccc(Cn2c(Cl)nc3c2c(=O)n(C)c(=O)n3C)cc1. The Balaban J connectivity index is 2.07. The highest BCUT2D eigenvalue weighted by Gasteiger charge is 2.18. The zero-order valence-electron chi connectivity index (χ0n) is 14.9. The number of hydrogen-bond donors (Lipinski definition) is 0. The summed E-state index contributed by atoms with van der Waals surface area (Å²) < 4.78 is 3.87. The lowest BCUT2D eigenvalue weighted by Gasteiger charge is -2.11. The van der Waals surface area contributed by atoms with Crippen LogP contribution in [0.4, 0.5) is 0 Å². The third kappa shape index (κ3) is 2.82. The molecule has 26 heavy (non-hydrogen) atoms. The summed E-state index contributed by atoms with van der Waals surface area (Å²) in [4.78, 5) is 42.2. The summed E-state index contributed by atoms with van der Waals surface area (Å²) in [5, 5.41) is 0.117. The van der Waals surface area contributed by atoms with Crippen LogP contribution < -0.4 is 11.2 Å². The fourth-order valence-corrected chi connectivity index (χ4v) is 2.98. The van der Waals surface area contributed by atoms with Crippen molar-refractivity contribution in [2.24, 2.45) is 14.1 Å². The van der Waals surface area contributed by atoms with Crippen LogP contribution in [0.1, 0.15) is 15.9 Å². The second kappa shape index (κ2) is 6.45. The first kappa shape index (κ1) is 17.9. The summed E-state index contributed by atoms with van der Waals surface area (Å²) in [5.74, 6) is -0.0912. The number of fused-ring (bicyclic) bond motifs is 1. The third-order valence-corrected chi connectivity index (χ3v) is 4.54. The maximum Gasteiger partial charge on any atom is 0.332 e. The number of imidazole rings is 1. The molecule has 0 saturated carbocycles. The van der Waals surface area contributed by atoms with E-state index in [4.69, 9.17) is 11.6 Å². The van der Waals surface area contributed by atoms with Gasteiger partial charge in [0.05, 0.1) is 6.54 Å². The van der Waals surface area contributed by atoms with Crippen molar-refractivity contribution in [1.82, 2.24) is 23.6 Å². The Morgan fingerprint density at radius 2 is 1.73 bits per heavy atom. The number of aryl methyl sites for hydroxylation is 1. The molecule has 9 heteroatoms. The molecule has 0 spiro atoms. The van der Waals surface area contributed by atoms with Gasteiger partial charge in [-0.1, -0.05) is 12.1 Å². The first-order valence-electron chi connectivity index (χ1n) is 7.84. The maximum absolute atomic E-state index is 12.5. The molecule has 0 aliphatic heterocycles. The molecule has 0 fully saturated rings. The van der Waals surface area contributed by atoms with Gasteiger partial charge in [-0.05, 0) is 29.3 Å². The number of benzene rings is 1. The Morgan fingerprint density at radius 3 is 2.31 bits per heavy atom. The van der Waals surface area contributed by atoms with Crippen molar-refractivity contribution in [3.8, 4) is 0 Å². The van der Waals surface area contributed by atoms with E-state index in [1.807, 2.05) is 0 Å². The van der Waals surface area contributed by atoms with E-state index >= 15 is 0 Å². The summed E-state index contributed by atoms with van der Waals surface area (Å²) in [7, 11) is 6.33. The average molecular weight is 376 g/mol. The molecule has 3 aromatic rings. The Morgan fingerprint density at radius 1 is 1.12 bits per heavy atom. The summed E-state index contributed by atoms with van der Waals surface area (Å²) in [6.45, 7) is 0.291. The zero-order chi connectivity index (χ0) is 19.2. The second-order valence-corrected chi connectivity index (χ2v) is 6.58. The molecule has 136 valence electrons. The molecule has 1 aromatic carbocycles. The van der Waals surface area contributed by atoms with Crippen LogP contribution in [0.3, 0.4) is 0 Å². The molecule has 0 radical (unpaired) electrons. The van der Waals surface area contributed by atoms with E-state index in [-0.39, 0.29) is 22.4 Å². The van der Waals surface area contributed by atoms with Crippen molar-refractivity contribution in [2.75, 3.05) is 14.1 Å². The minimum Gasteiger partial charge on any atom is -0.345 e. The molecule has 2 heterocycles. The summed E-state index contributed by atoms with van der Waals surface area (Å²) >= 11 is 6.22. The Labute approximate surface area is 153 Å². The highest BCUT2D eigenvalue weighted by Crippen LogP contribution is 2.18. The van der Waals surface area contributed by atoms with Gasteiger partial charge in [-0.15, -0.1) is 0 Å². The molecule has 0 aliphatic carbocycles. The minimum atomic E-state index is -0.463. The van der Waals surface area contributed by atoms with Gasteiger partial charge >= 0.3 is 5.69 Å². The molecule has 0 N–H and O–H groups in total. The molecule has 0 atom stereocenters. The quantitative estimate of drug-likeness (QED) is 0.635. The van der Waals surface area contributed by atoms with Gasteiger partial charge in [0.2, 0.25) is 5.28 Å². The highest BCUT2D eigenvalue weighted by atomic mass is 35.5. The van der Waals surface area contributed by atoms with Crippen molar-refractivity contribution in [3.05, 3.63) is 61.5 Å². The fourth-order valence-electron chi connectivity index (χ4n) is 2.76. The standard InChI is InChI=1S/C17H18ClN5O3/c1-20(2)14(24)11-7-5-10(6-8-11)9-23-12-13(19-16(23)18)21(3)17(26)22(4)15(12)25/h5-8H,9H2,1-4H3. The highest BCUT2D eigenvalue weighted by molar-refractivity contribution is 6.29. The Kier molecular flexibility index (Phi) is 4.45. The number of halogens is 1. The van der Waals surface area contributed by atoms with E-state index in [1.165, 1.54) is 16.5 Å². The van der Waals surface area contributed by atoms with Gasteiger partial charge in [-0.3, -0.25) is 18.7 Å². The number of amides is 1. The number of aromatic nitrogens is 4. The maximum atomic E-state index is 12.5. The summed E-state index contributed by atoms with van der Waals surface area (Å²) in [5.41, 5.74) is 0.990. The van der Waals surface area contributed by atoms with Gasteiger partial charge < -0.3 is 9.47 Å². The monoisotopic (exact) mass is 375 g/mol. The predicted octanol–water partition coefficient (Wildman–Crippen LogP) is 0.837. The fraction of sp³-hybridized carbons (Fsp3) is 0.294. The molecule has 0 bridgehead atoms. The lowest BCUT2D eigenvalue weighted by atomic mass is 10.1. The van der Waals surface area contributed by atoms with Crippen LogP contribution in [-0.2, 0) is 20.6 Å². The topological polar surface area (TPSA) is 82.1 Å². The number of rotatable bonds is 3. The smallest absolute Gasteiger partial charge is 0.332 e. The molecule has 8 nitrogen and oxygen atoms in total. The lowest BCUT2D eigenvalue weighted by Crippen LogP contribution is -2.37. The average Bonchev–Trinajstić information content (AvgIpc) is 2.94. The minimum absolute atomic E-state index is 0.0912. The van der Waals surface area contributed by atoms with Crippen molar-refractivity contribution >= 4 is 28.7 Å². The van der Waals surface area contributed by atoms with E-state index in [0.717, 1.165) is 10.1 Å². The zero-order valence-corrected chi connectivity index (χ0v) is 15.6. The molecule has 2 aromatic heterocycles. The van der Waals surface area contributed by atoms with Gasteiger partial charge in [0.15, 0.2) is 11.2 Å². The normalized spacial score (nSPS) is 11.1. The molecular weight excluding hydrogens is 358 g/mol. The van der Waals surface area contributed by atoms with Crippen molar-refractivity contribution in [2.45, 2.75) is 6.54 Å². The van der Waals surface area contributed by atoms with Gasteiger partial charge in [-0.2, -0.15) is 4.98 Å².